The van der Waals surface area contributed by atoms with Crippen molar-refractivity contribution in [1.82, 2.24) is 4.90 Å². The smallest absolute Gasteiger partial charge is 0.326 e. The summed E-state index contributed by atoms with van der Waals surface area (Å²) >= 11 is 0. The lowest BCUT2D eigenvalue weighted by Gasteiger charge is -2.37. The number of carbonyl (C=O) groups excluding carboxylic acids is 1. The van der Waals surface area contributed by atoms with E-state index in [-0.39, 0.29) is 11.3 Å². The molecule has 1 amide bonds. The Labute approximate surface area is 124 Å². The Bertz CT molecular complexity index is 555. The van der Waals surface area contributed by atoms with Gasteiger partial charge in [-0.05, 0) is 43.4 Å². The van der Waals surface area contributed by atoms with Gasteiger partial charge in [-0.15, -0.1) is 0 Å². The van der Waals surface area contributed by atoms with Gasteiger partial charge in [0.2, 0.25) is 0 Å². The number of likely N-dealkylation sites (tertiary alicyclic amines) is 1. The first-order valence-corrected chi connectivity index (χ1v) is 7.27. The van der Waals surface area contributed by atoms with Gasteiger partial charge in [0, 0.05) is 6.54 Å². The number of nitrogens with zero attached hydrogens (tertiary/aromatic N) is 1. The Hall–Kier alpha value is -2.04. The lowest BCUT2D eigenvalue weighted by atomic mass is 9.88. The number of benzene rings is 1. The molecule has 0 spiro atoms. The molecule has 1 aliphatic rings. The maximum Gasteiger partial charge on any atom is 0.326 e. The number of phenols is 1. The van der Waals surface area contributed by atoms with E-state index in [1.54, 1.807) is 12.1 Å². The fraction of sp³-hybridized carbons (Fsp3) is 0.500. The van der Waals surface area contributed by atoms with Gasteiger partial charge in [0.05, 0.1) is 5.56 Å². The highest BCUT2D eigenvalue weighted by molar-refractivity contribution is 5.99. The molecule has 2 unspecified atom stereocenters. The third-order valence-corrected chi connectivity index (χ3v) is 4.22. The van der Waals surface area contributed by atoms with Crippen molar-refractivity contribution in [3.63, 3.8) is 0 Å². The van der Waals surface area contributed by atoms with Crippen molar-refractivity contribution in [2.45, 2.75) is 39.2 Å². The van der Waals surface area contributed by atoms with Gasteiger partial charge in [0.25, 0.3) is 5.91 Å². The molecule has 114 valence electrons. The number of aliphatic carboxylic acids is 1. The van der Waals surface area contributed by atoms with E-state index in [9.17, 15) is 19.8 Å². The predicted octanol–water partition coefficient (Wildman–Crippen LogP) is 2.42. The molecule has 1 heterocycles. The van der Waals surface area contributed by atoms with E-state index in [2.05, 4.69) is 0 Å². The lowest BCUT2D eigenvalue weighted by molar-refractivity contribution is -0.144. The van der Waals surface area contributed by atoms with Gasteiger partial charge in [-0.1, -0.05) is 19.4 Å². The number of rotatable bonds is 3. The van der Waals surface area contributed by atoms with Gasteiger partial charge in [0.1, 0.15) is 11.8 Å². The van der Waals surface area contributed by atoms with E-state index in [0.717, 1.165) is 18.4 Å². The summed E-state index contributed by atoms with van der Waals surface area (Å²) in [7, 11) is 0. The molecule has 0 aromatic heterocycles. The number of carbonyl (C=O) groups is 2. The maximum atomic E-state index is 12.5. The van der Waals surface area contributed by atoms with Crippen molar-refractivity contribution >= 4 is 11.9 Å². The van der Waals surface area contributed by atoms with Gasteiger partial charge in [0.15, 0.2) is 0 Å². The van der Waals surface area contributed by atoms with Crippen LogP contribution < -0.4 is 0 Å². The summed E-state index contributed by atoms with van der Waals surface area (Å²) in [5, 5.41) is 19.3. The second-order valence-electron chi connectivity index (χ2n) is 5.67. The fourth-order valence-corrected chi connectivity index (χ4v) is 2.86. The first kappa shape index (κ1) is 15.4. The van der Waals surface area contributed by atoms with Crippen LogP contribution in [0.25, 0.3) is 0 Å². The Morgan fingerprint density at radius 3 is 2.67 bits per heavy atom. The number of aryl methyl sites for hydroxylation is 1. The number of hydrogen-bond acceptors (Lipinski definition) is 3. The van der Waals surface area contributed by atoms with Gasteiger partial charge in [-0.25, -0.2) is 4.79 Å². The lowest BCUT2D eigenvalue weighted by Crippen LogP contribution is -2.50. The molecular weight excluding hydrogens is 270 g/mol. The molecule has 1 saturated heterocycles. The number of phenolic OH excluding ortho intramolecular Hbond substituents is 1. The molecule has 21 heavy (non-hydrogen) atoms. The Balaban J connectivity index is 2.26. The maximum absolute atomic E-state index is 12.5. The summed E-state index contributed by atoms with van der Waals surface area (Å²) < 4.78 is 0. The molecule has 1 aromatic carbocycles. The van der Waals surface area contributed by atoms with Crippen molar-refractivity contribution in [2.75, 3.05) is 6.54 Å². The minimum atomic E-state index is -0.979. The highest BCUT2D eigenvalue weighted by Gasteiger charge is 2.36. The van der Waals surface area contributed by atoms with E-state index in [4.69, 9.17) is 0 Å². The Kier molecular flexibility index (Phi) is 4.50. The van der Waals surface area contributed by atoms with Crippen LogP contribution >= 0.6 is 0 Å². The summed E-state index contributed by atoms with van der Waals surface area (Å²) in [5.74, 6) is -1.15. The molecule has 0 radical (unpaired) electrons. The predicted molar refractivity (Wildman–Crippen MR) is 78.3 cm³/mol. The second kappa shape index (κ2) is 6.16. The molecular formula is C16H21NO4. The number of amides is 1. The van der Waals surface area contributed by atoms with Crippen molar-refractivity contribution < 1.29 is 19.8 Å². The van der Waals surface area contributed by atoms with Crippen molar-refractivity contribution in [2.24, 2.45) is 5.92 Å². The average molecular weight is 291 g/mol. The molecule has 1 fully saturated rings. The minimum absolute atomic E-state index is 0.0956. The first-order valence-electron chi connectivity index (χ1n) is 7.27. The van der Waals surface area contributed by atoms with Crippen LogP contribution in [0.1, 0.15) is 42.1 Å². The highest BCUT2D eigenvalue weighted by Crippen LogP contribution is 2.29. The zero-order valence-corrected chi connectivity index (χ0v) is 12.4. The van der Waals surface area contributed by atoms with E-state index in [0.29, 0.717) is 18.9 Å². The van der Waals surface area contributed by atoms with Crippen LogP contribution in [0.3, 0.4) is 0 Å². The molecule has 5 nitrogen and oxygen atoms in total. The Morgan fingerprint density at radius 2 is 2.10 bits per heavy atom. The molecule has 5 heteroatoms. The van der Waals surface area contributed by atoms with E-state index < -0.39 is 17.9 Å². The first-order chi connectivity index (χ1) is 9.93. The van der Waals surface area contributed by atoms with Crippen LogP contribution in [-0.2, 0) is 4.79 Å². The zero-order valence-electron chi connectivity index (χ0n) is 12.4. The summed E-state index contributed by atoms with van der Waals surface area (Å²) in [6.45, 7) is 4.27. The van der Waals surface area contributed by atoms with Gasteiger partial charge < -0.3 is 15.1 Å². The number of aromatic hydroxyl groups is 1. The SMILES string of the molecule is CCC1CCN(C(=O)c2ccc(C)cc2O)C(C(=O)O)C1. The monoisotopic (exact) mass is 291 g/mol. The molecule has 1 aliphatic heterocycles. The average Bonchev–Trinajstić information content (AvgIpc) is 2.46. The number of carboxylic acids is 1. The number of carboxylic acid groups (broad SMARTS) is 1. The molecule has 2 rings (SSSR count). The van der Waals surface area contributed by atoms with Crippen LogP contribution in [0, 0.1) is 12.8 Å². The summed E-state index contributed by atoms with van der Waals surface area (Å²) in [5.41, 5.74) is 1.02. The van der Waals surface area contributed by atoms with E-state index in [1.807, 2.05) is 13.8 Å². The Morgan fingerprint density at radius 1 is 1.38 bits per heavy atom. The van der Waals surface area contributed by atoms with Gasteiger partial charge in [-0.3, -0.25) is 4.79 Å². The summed E-state index contributed by atoms with van der Waals surface area (Å²) in [6, 6.07) is 4.00. The standard InChI is InChI=1S/C16H21NO4/c1-3-11-6-7-17(13(9-11)16(20)21)15(19)12-5-4-10(2)8-14(12)18/h4-5,8,11,13,18H,3,6-7,9H2,1-2H3,(H,20,21). The van der Waals surface area contributed by atoms with Crippen LogP contribution in [-0.4, -0.2) is 39.6 Å². The van der Waals surface area contributed by atoms with Crippen LogP contribution in [0.4, 0.5) is 0 Å². The number of hydrogen-bond donors (Lipinski definition) is 2. The van der Waals surface area contributed by atoms with Gasteiger partial charge in [-0.2, -0.15) is 0 Å². The fourth-order valence-electron chi connectivity index (χ4n) is 2.86. The second-order valence-corrected chi connectivity index (χ2v) is 5.67. The highest BCUT2D eigenvalue weighted by atomic mass is 16.4. The molecule has 1 aromatic rings. The summed E-state index contributed by atoms with van der Waals surface area (Å²) in [4.78, 5) is 25.4. The van der Waals surface area contributed by atoms with E-state index >= 15 is 0 Å². The minimum Gasteiger partial charge on any atom is -0.507 e. The molecule has 0 bridgehead atoms. The summed E-state index contributed by atoms with van der Waals surface area (Å²) in [6.07, 6.45) is 2.20. The topological polar surface area (TPSA) is 77.8 Å². The third kappa shape index (κ3) is 3.17. The van der Waals surface area contributed by atoms with Crippen LogP contribution in [0.15, 0.2) is 18.2 Å². The van der Waals surface area contributed by atoms with Crippen LogP contribution in [0.5, 0.6) is 5.75 Å². The van der Waals surface area contributed by atoms with Crippen molar-refractivity contribution in [3.05, 3.63) is 29.3 Å². The third-order valence-electron chi connectivity index (χ3n) is 4.22. The normalized spacial score (nSPS) is 22.1. The van der Waals surface area contributed by atoms with Crippen molar-refractivity contribution in [3.8, 4) is 5.75 Å². The van der Waals surface area contributed by atoms with Crippen LogP contribution in [0.2, 0.25) is 0 Å². The molecule has 0 saturated carbocycles. The zero-order chi connectivity index (χ0) is 15.6. The molecule has 0 aliphatic carbocycles. The van der Waals surface area contributed by atoms with Gasteiger partial charge >= 0.3 is 5.97 Å². The van der Waals surface area contributed by atoms with E-state index in [1.165, 1.54) is 11.0 Å². The molecule has 2 atom stereocenters. The molecule has 2 N–H and O–H groups in total. The largest absolute Gasteiger partial charge is 0.507 e. The quantitative estimate of drug-likeness (QED) is 0.896. The van der Waals surface area contributed by atoms with Crippen molar-refractivity contribution in [1.29, 1.82) is 0 Å². The number of piperidine rings is 1.